The monoisotopic (exact) mass is 254 g/mol. The predicted octanol–water partition coefficient (Wildman–Crippen LogP) is 4.12. The van der Waals surface area contributed by atoms with Gasteiger partial charge < -0.3 is 9.84 Å². The summed E-state index contributed by atoms with van der Waals surface area (Å²) in [4.78, 5) is 0. The number of aliphatic hydroxyl groups excluding tert-OH is 1. The first kappa shape index (κ1) is 14.3. The fraction of sp³-hybridized carbons (Fsp3) is 1.00. The van der Waals surface area contributed by atoms with Gasteiger partial charge in [-0.1, -0.05) is 51.9 Å². The van der Waals surface area contributed by atoms with Gasteiger partial charge in [0.2, 0.25) is 0 Å². The molecule has 106 valence electrons. The van der Waals surface area contributed by atoms with Crippen molar-refractivity contribution in [3.8, 4) is 0 Å². The van der Waals surface area contributed by atoms with E-state index in [0.29, 0.717) is 5.92 Å². The molecule has 0 bridgehead atoms. The standard InChI is InChI=1S/C16H30O2/c1-13-7-9-15(10-8-13)16(17)18-12-11-14-5-3-2-4-6-14/h13-17H,2-12H2,1H3. The van der Waals surface area contributed by atoms with Crippen molar-refractivity contribution >= 4 is 0 Å². The highest BCUT2D eigenvalue weighted by Crippen LogP contribution is 2.31. The van der Waals surface area contributed by atoms with Crippen LogP contribution in [0.1, 0.15) is 71.1 Å². The Kier molecular flexibility index (Phi) is 5.97. The molecular weight excluding hydrogens is 224 g/mol. The molecular formula is C16H30O2. The molecule has 2 saturated carbocycles. The molecule has 2 aliphatic rings. The first-order valence-corrected chi connectivity index (χ1v) is 8.05. The Hall–Kier alpha value is -0.0800. The summed E-state index contributed by atoms with van der Waals surface area (Å²) in [5.74, 6) is 2.10. The van der Waals surface area contributed by atoms with Crippen LogP contribution < -0.4 is 0 Å². The molecule has 0 aromatic heterocycles. The van der Waals surface area contributed by atoms with Crippen molar-refractivity contribution in [1.82, 2.24) is 0 Å². The lowest BCUT2D eigenvalue weighted by atomic mass is 9.82. The van der Waals surface area contributed by atoms with Gasteiger partial charge in [-0.25, -0.2) is 0 Å². The molecule has 2 aliphatic carbocycles. The van der Waals surface area contributed by atoms with Gasteiger partial charge in [0.05, 0.1) is 0 Å². The van der Waals surface area contributed by atoms with E-state index < -0.39 is 6.29 Å². The number of aliphatic hydroxyl groups is 1. The highest BCUT2D eigenvalue weighted by molar-refractivity contribution is 4.72. The molecule has 0 saturated heterocycles. The van der Waals surface area contributed by atoms with Gasteiger partial charge >= 0.3 is 0 Å². The van der Waals surface area contributed by atoms with Crippen molar-refractivity contribution in [1.29, 1.82) is 0 Å². The lowest BCUT2D eigenvalue weighted by molar-refractivity contribution is -0.145. The molecule has 2 nitrogen and oxygen atoms in total. The summed E-state index contributed by atoms with van der Waals surface area (Å²) in [6.07, 6.45) is 12.4. The van der Waals surface area contributed by atoms with Gasteiger partial charge in [-0.2, -0.15) is 0 Å². The number of rotatable bonds is 5. The Labute approximate surface area is 112 Å². The van der Waals surface area contributed by atoms with Crippen molar-refractivity contribution in [2.75, 3.05) is 6.61 Å². The summed E-state index contributed by atoms with van der Waals surface area (Å²) < 4.78 is 5.67. The molecule has 1 N–H and O–H groups in total. The zero-order valence-corrected chi connectivity index (χ0v) is 11.9. The largest absolute Gasteiger partial charge is 0.368 e. The van der Waals surface area contributed by atoms with E-state index in [2.05, 4.69) is 6.92 Å². The van der Waals surface area contributed by atoms with Crippen molar-refractivity contribution < 1.29 is 9.84 Å². The summed E-state index contributed by atoms with van der Waals surface area (Å²) in [6.45, 7) is 3.07. The molecule has 2 heteroatoms. The quantitative estimate of drug-likeness (QED) is 0.748. The summed E-state index contributed by atoms with van der Waals surface area (Å²) in [6, 6.07) is 0. The molecule has 0 aromatic rings. The van der Waals surface area contributed by atoms with Crippen LogP contribution in [0.2, 0.25) is 0 Å². The maximum atomic E-state index is 10.1. The van der Waals surface area contributed by atoms with Crippen LogP contribution in [0.3, 0.4) is 0 Å². The van der Waals surface area contributed by atoms with Gasteiger partial charge in [0.15, 0.2) is 6.29 Å². The topological polar surface area (TPSA) is 29.5 Å². The summed E-state index contributed by atoms with van der Waals surface area (Å²) in [5, 5.41) is 10.1. The zero-order valence-electron chi connectivity index (χ0n) is 11.9. The molecule has 0 aliphatic heterocycles. The average Bonchev–Trinajstić information content (AvgIpc) is 2.40. The van der Waals surface area contributed by atoms with E-state index in [1.807, 2.05) is 0 Å². The molecule has 1 unspecified atom stereocenters. The molecule has 0 aromatic carbocycles. The summed E-state index contributed by atoms with van der Waals surface area (Å²) in [7, 11) is 0. The van der Waals surface area contributed by atoms with Crippen LogP contribution >= 0.6 is 0 Å². The normalized spacial score (nSPS) is 32.3. The SMILES string of the molecule is CC1CCC(C(O)OCCC2CCCCC2)CC1. The minimum atomic E-state index is -0.499. The van der Waals surface area contributed by atoms with Crippen LogP contribution in [0.15, 0.2) is 0 Å². The van der Waals surface area contributed by atoms with E-state index in [9.17, 15) is 5.11 Å². The second kappa shape index (κ2) is 7.49. The van der Waals surface area contributed by atoms with Gasteiger partial charge in [-0.3, -0.25) is 0 Å². The third-order valence-corrected chi connectivity index (χ3v) is 5.00. The molecule has 0 spiro atoms. The fourth-order valence-corrected chi connectivity index (χ4v) is 3.54. The van der Waals surface area contributed by atoms with E-state index in [1.165, 1.54) is 44.9 Å². The van der Waals surface area contributed by atoms with E-state index in [1.54, 1.807) is 0 Å². The molecule has 2 rings (SSSR count). The number of hydrogen-bond acceptors (Lipinski definition) is 2. The highest BCUT2D eigenvalue weighted by Gasteiger charge is 2.25. The summed E-state index contributed by atoms with van der Waals surface area (Å²) >= 11 is 0. The van der Waals surface area contributed by atoms with E-state index in [4.69, 9.17) is 4.74 Å². The predicted molar refractivity (Wildman–Crippen MR) is 74.3 cm³/mol. The number of ether oxygens (including phenoxy) is 1. The maximum absolute atomic E-state index is 10.1. The van der Waals surface area contributed by atoms with Gasteiger partial charge in [-0.15, -0.1) is 0 Å². The Morgan fingerprint density at radius 3 is 2.33 bits per heavy atom. The fourth-order valence-electron chi connectivity index (χ4n) is 3.54. The van der Waals surface area contributed by atoms with E-state index in [-0.39, 0.29) is 0 Å². The van der Waals surface area contributed by atoms with Crippen molar-refractivity contribution in [3.63, 3.8) is 0 Å². The Bertz CT molecular complexity index is 215. The van der Waals surface area contributed by atoms with Crippen LogP contribution in [0.25, 0.3) is 0 Å². The van der Waals surface area contributed by atoms with E-state index >= 15 is 0 Å². The van der Waals surface area contributed by atoms with Gasteiger partial charge in [0.25, 0.3) is 0 Å². The zero-order chi connectivity index (χ0) is 12.8. The van der Waals surface area contributed by atoms with Gasteiger partial charge in [0, 0.05) is 12.5 Å². The van der Waals surface area contributed by atoms with Crippen molar-refractivity contribution in [3.05, 3.63) is 0 Å². The maximum Gasteiger partial charge on any atom is 0.157 e. The average molecular weight is 254 g/mol. The van der Waals surface area contributed by atoms with Crippen LogP contribution in [-0.4, -0.2) is 18.0 Å². The molecule has 0 heterocycles. The molecule has 18 heavy (non-hydrogen) atoms. The smallest absolute Gasteiger partial charge is 0.157 e. The second-order valence-electron chi connectivity index (χ2n) is 6.57. The Balaban J connectivity index is 1.57. The first-order valence-electron chi connectivity index (χ1n) is 8.05. The van der Waals surface area contributed by atoms with E-state index in [0.717, 1.165) is 37.7 Å². The van der Waals surface area contributed by atoms with Gasteiger partial charge in [-0.05, 0) is 31.1 Å². The molecule has 0 amide bonds. The molecule has 2 fully saturated rings. The second-order valence-corrected chi connectivity index (χ2v) is 6.57. The third kappa shape index (κ3) is 4.55. The lowest BCUT2D eigenvalue weighted by Crippen LogP contribution is -2.28. The van der Waals surface area contributed by atoms with Crippen molar-refractivity contribution in [2.45, 2.75) is 77.4 Å². The first-order chi connectivity index (χ1) is 8.75. The Morgan fingerprint density at radius 1 is 1.00 bits per heavy atom. The van der Waals surface area contributed by atoms with Gasteiger partial charge in [0.1, 0.15) is 0 Å². The molecule has 0 radical (unpaired) electrons. The molecule has 1 atom stereocenters. The number of hydrogen-bond donors (Lipinski definition) is 1. The van der Waals surface area contributed by atoms with Crippen LogP contribution in [0, 0.1) is 17.8 Å². The lowest BCUT2D eigenvalue weighted by Gasteiger charge is -2.30. The Morgan fingerprint density at radius 2 is 1.67 bits per heavy atom. The van der Waals surface area contributed by atoms with Crippen LogP contribution in [0.5, 0.6) is 0 Å². The minimum Gasteiger partial charge on any atom is -0.368 e. The van der Waals surface area contributed by atoms with Crippen molar-refractivity contribution in [2.24, 2.45) is 17.8 Å². The third-order valence-electron chi connectivity index (χ3n) is 5.00. The highest BCUT2D eigenvalue weighted by atomic mass is 16.6. The van der Waals surface area contributed by atoms with Crippen LogP contribution in [0.4, 0.5) is 0 Å². The summed E-state index contributed by atoms with van der Waals surface area (Å²) in [5.41, 5.74) is 0. The minimum absolute atomic E-state index is 0.396. The van der Waals surface area contributed by atoms with Crippen LogP contribution in [-0.2, 0) is 4.74 Å².